The second-order valence-corrected chi connectivity index (χ2v) is 7.93. The van der Waals surface area contributed by atoms with Gasteiger partial charge in [-0.05, 0) is 58.4 Å². The van der Waals surface area contributed by atoms with E-state index >= 15 is 0 Å². The smallest absolute Gasteiger partial charge is 0.193 e. The summed E-state index contributed by atoms with van der Waals surface area (Å²) in [5.41, 5.74) is 0. The van der Waals surface area contributed by atoms with Crippen molar-refractivity contribution in [1.82, 2.24) is 15.1 Å². The summed E-state index contributed by atoms with van der Waals surface area (Å²) >= 11 is 0. The number of ether oxygens (including phenoxy) is 2. The molecule has 1 atom stereocenters. The molecule has 27 heavy (non-hydrogen) atoms. The Labute approximate surface area is 183 Å². The van der Waals surface area contributed by atoms with Crippen LogP contribution < -0.4 is 5.32 Å². The molecule has 0 saturated carbocycles. The largest absolute Gasteiger partial charge is 0.385 e. The summed E-state index contributed by atoms with van der Waals surface area (Å²) in [5.74, 6) is 1.79. The fraction of sp³-hybridized carbons (Fsp3) is 0.950. The SMILES string of the molecule is CN=C(NCC1CCCN(C(C)C)C1)N1CCC(OCCCOC)CC1.I. The topological polar surface area (TPSA) is 49.3 Å². The van der Waals surface area contributed by atoms with Gasteiger partial charge in [-0.15, -0.1) is 24.0 Å². The maximum Gasteiger partial charge on any atom is 0.193 e. The lowest BCUT2D eigenvalue weighted by atomic mass is 9.97. The van der Waals surface area contributed by atoms with E-state index in [4.69, 9.17) is 9.47 Å². The van der Waals surface area contributed by atoms with Crippen molar-refractivity contribution in [2.45, 2.75) is 58.1 Å². The van der Waals surface area contributed by atoms with Crippen LogP contribution in [0.25, 0.3) is 0 Å². The molecule has 0 radical (unpaired) electrons. The van der Waals surface area contributed by atoms with E-state index in [1.807, 2.05) is 7.05 Å². The Hall–Kier alpha value is -0.120. The second kappa shape index (κ2) is 14.0. The Balaban J connectivity index is 0.00000364. The van der Waals surface area contributed by atoms with Crippen molar-refractivity contribution in [2.75, 3.05) is 60.1 Å². The first-order valence-electron chi connectivity index (χ1n) is 10.4. The van der Waals surface area contributed by atoms with E-state index in [2.05, 4.69) is 34.0 Å². The Morgan fingerprint density at radius 2 is 1.89 bits per heavy atom. The molecule has 0 spiro atoms. The third-order valence-corrected chi connectivity index (χ3v) is 5.63. The molecule has 1 N–H and O–H groups in total. The average Bonchev–Trinajstić information content (AvgIpc) is 2.67. The number of nitrogens with zero attached hydrogens (tertiary/aromatic N) is 3. The molecule has 160 valence electrons. The highest BCUT2D eigenvalue weighted by molar-refractivity contribution is 14.0. The van der Waals surface area contributed by atoms with Gasteiger partial charge in [-0.1, -0.05) is 0 Å². The highest BCUT2D eigenvalue weighted by atomic mass is 127. The molecule has 2 fully saturated rings. The molecule has 0 aromatic carbocycles. The van der Waals surface area contributed by atoms with Gasteiger partial charge in [-0.25, -0.2) is 0 Å². The summed E-state index contributed by atoms with van der Waals surface area (Å²) in [4.78, 5) is 9.51. The number of guanidine groups is 1. The Kier molecular flexibility index (Phi) is 12.9. The lowest BCUT2D eigenvalue weighted by Crippen LogP contribution is -2.49. The molecule has 0 aromatic heterocycles. The number of likely N-dealkylation sites (tertiary alicyclic amines) is 2. The van der Waals surface area contributed by atoms with Crippen molar-refractivity contribution in [3.63, 3.8) is 0 Å². The summed E-state index contributed by atoms with van der Waals surface area (Å²) in [6.45, 7) is 11.7. The number of hydrogen-bond acceptors (Lipinski definition) is 4. The molecule has 2 aliphatic rings. The van der Waals surface area contributed by atoms with E-state index in [0.717, 1.165) is 64.0 Å². The molecular weight excluding hydrogens is 455 g/mol. The molecule has 2 rings (SSSR count). The zero-order valence-corrected chi connectivity index (χ0v) is 20.1. The molecule has 0 aromatic rings. The Bertz CT molecular complexity index is 415. The third kappa shape index (κ3) is 8.83. The number of piperidine rings is 2. The van der Waals surface area contributed by atoms with Gasteiger partial charge < -0.3 is 24.6 Å². The highest BCUT2D eigenvalue weighted by Crippen LogP contribution is 2.18. The summed E-state index contributed by atoms with van der Waals surface area (Å²) in [6.07, 6.45) is 6.17. The lowest BCUT2D eigenvalue weighted by Gasteiger charge is -2.37. The third-order valence-electron chi connectivity index (χ3n) is 5.63. The summed E-state index contributed by atoms with van der Waals surface area (Å²) in [5, 5.41) is 3.63. The van der Waals surface area contributed by atoms with Crippen LogP contribution in [0.15, 0.2) is 4.99 Å². The lowest BCUT2D eigenvalue weighted by molar-refractivity contribution is 0.00985. The first-order valence-corrected chi connectivity index (χ1v) is 10.4. The minimum atomic E-state index is 0. The zero-order chi connectivity index (χ0) is 18.8. The molecule has 1 unspecified atom stereocenters. The second-order valence-electron chi connectivity index (χ2n) is 7.93. The monoisotopic (exact) mass is 496 g/mol. The van der Waals surface area contributed by atoms with Gasteiger partial charge in [-0.3, -0.25) is 4.99 Å². The molecule has 2 heterocycles. The predicted molar refractivity (Wildman–Crippen MR) is 123 cm³/mol. The summed E-state index contributed by atoms with van der Waals surface area (Å²) < 4.78 is 11.0. The van der Waals surface area contributed by atoms with Crippen LogP contribution >= 0.6 is 24.0 Å². The van der Waals surface area contributed by atoms with Crippen LogP contribution in [0.5, 0.6) is 0 Å². The first kappa shape index (κ1) is 24.9. The minimum absolute atomic E-state index is 0. The van der Waals surface area contributed by atoms with Gasteiger partial charge in [0.25, 0.3) is 0 Å². The molecule has 2 saturated heterocycles. The number of aliphatic imine (C=N–C) groups is 1. The van der Waals surface area contributed by atoms with Crippen molar-refractivity contribution < 1.29 is 9.47 Å². The van der Waals surface area contributed by atoms with Gasteiger partial charge >= 0.3 is 0 Å². The molecule has 2 aliphatic heterocycles. The fourth-order valence-corrected chi connectivity index (χ4v) is 3.99. The quantitative estimate of drug-likeness (QED) is 0.243. The van der Waals surface area contributed by atoms with Crippen LogP contribution in [0.1, 0.15) is 46.0 Å². The standard InChI is InChI=1S/C20H40N4O2.HI/c1-17(2)24-10-5-7-18(16-24)15-22-20(21-3)23-11-8-19(9-12-23)26-14-6-13-25-4;/h17-19H,5-16H2,1-4H3,(H,21,22);1H. The van der Waals surface area contributed by atoms with Crippen molar-refractivity contribution in [3.05, 3.63) is 0 Å². The van der Waals surface area contributed by atoms with Crippen molar-refractivity contribution >= 4 is 29.9 Å². The normalized spacial score (nSPS) is 22.8. The van der Waals surface area contributed by atoms with E-state index in [0.29, 0.717) is 12.1 Å². The van der Waals surface area contributed by atoms with E-state index in [1.165, 1.54) is 25.9 Å². The molecular formula is C20H41IN4O2. The van der Waals surface area contributed by atoms with Gasteiger partial charge in [0, 0.05) is 59.6 Å². The Morgan fingerprint density at radius 3 is 2.52 bits per heavy atom. The summed E-state index contributed by atoms with van der Waals surface area (Å²) in [7, 11) is 3.64. The van der Waals surface area contributed by atoms with Crippen LogP contribution in [0.3, 0.4) is 0 Å². The van der Waals surface area contributed by atoms with E-state index in [1.54, 1.807) is 7.11 Å². The van der Waals surface area contributed by atoms with E-state index in [9.17, 15) is 0 Å². The van der Waals surface area contributed by atoms with Crippen molar-refractivity contribution in [1.29, 1.82) is 0 Å². The highest BCUT2D eigenvalue weighted by Gasteiger charge is 2.24. The van der Waals surface area contributed by atoms with Gasteiger partial charge in [0.1, 0.15) is 0 Å². The van der Waals surface area contributed by atoms with Gasteiger partial charge in [0.2, 0.25) is 0 Å². The van der Waals surface area contributed by atoms with Gasteiger partial charge in [0.15, 0.2) is 5.96 Å². The maximum absolute atomic E-state index is 5.96. The zero-order valence-electron chi connectivity index (χ0n) is 17.8. The van der Waals surface area contributed by atoms with Crippen molar-refractivity contribution in [2.24, 2.45) is 10.9 Å². The molecule has 0 amide bonds. The van der Waals surface area contributed by atoms with Crippen LogP contribution in [0.4, 0.5) is 0 Å². The van der Waals surface area contributed by atoms with E-state index < -0.39 is 0 Å². The average molecular weight is 496 g/mol. The summed E-state index contributed by atoms with van der Waals surface area (Å²) in [6, 6.07) is 0.653. The van der Waals surface area contributed by atoms with Crippen LogP contribution in [0.2, 0.25) is 0 Å². The fourth-order valence-electron chi connectivity index (χ4n) is 3.99. The van der Waals surface area contributed by atoms with Gasteiger partial charge in [-0.2, -0.15) is 0 Å². The molecule has 6 nitrogen and oxygen atoms in total. The van der Waals surface area contributed by atoms with Crippen LogP contribution in [-0.2, 0) is 9.47 Å². The van der Waals surface area contributed by atoms with Gasteiger partial charge in [0.05, 0.1) is 6.10 Å². The number of hydrogen-bond donors (Lipinski definition) is 1. The predicted octanol–water partition coefficient (Wildman–Crippen LogP) is 2.82. The number of rotatable bonds is 8. The first-order chi connectivity index (χ1) is 12.6. The maximum atomic E-state index is 5.96. The van der Waals surface area contributed by atoms with Crippen molar-refractivity contribution in [3.8, 4) is 0 Å². The molecule has 0 aliphatic carbocycles. The van der Waals surface area contributed by atoms with E-state index in [-0.39, 0.29) is 24.0 Å². The Morgan fingerprint density at radius 1 is 1.15 bits per heavy atom. The molecule has 0 bridgehead atoms. The van der Waals surface area contributed by atoms with Crippen LogP contribution in [-0.4, -0.2) is 88.0 Å². The minimum Gasteiger partial charge on any atom is -0.385 e. The number of nitrogens with one attached hydrogen (secondary N) is 1. The molecule has 7 heteroatoms. The number of methoxy groups -OCH3 is 1. The number of halogens is 1. The van der Waals surface area contributed by atoms with Crippen LogP contribution in [0, 0.1) is 5.92 Å².